The average Bonchev–Trinajstić information content (AvgIpc) is 2.09. The summed E-state index contributed by atoms with van der Waals surface area (Å²) in [6.07, 6.45) is 11.2. The van der Waals surface area contributed by atoms with Crippen molar-refractivity contribution in [1.82, 2.24) is 0 Å². The summed E-state index contributed by atoms with van der Waals surface area (Å²) in [6.45, 7) is 2.20. The maximum Gasteiger partial charge on any atom is 0.156 e. The minimum absolute atomic E-state index is 0.273. The highest BCUT2D eigenvalue weighted by molar-refractivity contribution is 7.79. The molecule has 13 heavy (non-hydrogen) atoms. The molecule has 1 atom stereocenters. The average molecular weight is 204 g/mol. The number of hydrogen-bond donors (Lipinski definition) is 1. The SMILES string of the molecule is CCCCCCCC=CCS(=O)O. The molecule has 0 aliphatic rings. The lowest BCUT2D eigenvalue weighted by Crippen LogP contribution is -1.88. The summed E-state index contributed by atoms with van der Waals surface area (Å²) >= 11 is -1.66. The van der Waals surface area contributed by atoms with Crippen LogP contribution in [0.4, 0.5) is 0 Å². The topological polar surface area (TPSA) is 37.3 Å². The van der Waals surface area contributed by atoms with Gasteiger partial charge in [0.15, 0.2) is 11.1 Å². The maximum absolute atomic E-state index is 10.2. The zero-order chi connectivity index (χ0) is 9.94. The van der Waals surface area contributed by atoms with Crippen LogP contribution in [-0.2, 0) is 11.1 Å². The Hall–Kier alpha value is -0.150. The van der Waals surface area contributed by atoms with E-state index in [0.717, 1.165) is 6.42 Å². The van der Waals surface area contributed by atoms with Crippen LogP contribution in [0, 0.1) is 0 Å². The normalized spacial score (nSPS) is 13.7. The van der Waals surface area contributed by atoms with Crippen molar-refractivity contribution in [3.05, 3.63) is 12.2 Å². The van der Waals surface area contributed by atoms with E-state index in [9.17, 15) is 4.21 Å². The lowest BCUT2D eigenvalue weighted by Gasteiger charge is -1.95. The molecule has 2 nitrogen and oxygen atoms in total. The highest BCUT2D eigenvalue weighted by Crippen LogP contribution is 2.05. The van der Waals surface area contributed by atoms with Gasteiger partial charge in [-0.15, -0.1) is 0 Å². The predicted molar refractivity (Wildman–Crippen MR) is 58.2 cm³/mol. The molecule has 0 amide bonds. The van der Waals surface area contributed by atoms with Crippen molar-refractivity contribution >= 4 is 11.1 Å². The van der Waals surface area contributed by atoms with Crippen molar-refractivity contribution in [3.63, 3.8) is 0 Å². The molecule has 0 saturated carbocycles. The van der Waals surface area contributed by atoms with Crippen LogP contribution in [0.2, 0.25) is 0 Å². The van der Waals surface area contributed by atoms with E-state index in [1.807, 2.05) is 6.08 Å². The summed E-state index contributed by atoms with van der Waals surface area (Å²) in [4.78, 5) is 0. The Morgan fingerprint density at radius 1 is 1.15 bits per heavy atom. The Morgan fingerprint density at radius 3 is 2.46 bits per heavy atom. The van der Waals surface area contributed by atoms with Gasteiger partial charge in [-0.05, 0) is 12.8 Å². The highest BCUT2D eigenvalue weighted by Gasteiger charge is 1.87. The summed E-state index contributed by atoms with van der Waals surface area (Å²) < 4.78 is 18.7. The molecule has 0 radical (unpaired) electrons. The third-order valence-electron chi connectivity index (χ3n) is 1.88. The van der Waals surface area contributed by atoms with Crippen LogP contribution in [0.15, 0.2) is 12.2 Å². The summed E-state index contributed by atoms with van der Waals surface area (Å²) in [7, 11) is 0. The molecular formula is C10H20O2S. The first kappa shape index (κ1) is 12.8. The van der Waals surface area contributed by atoms with Gasteiger partial charge in [0.2, 0.25) is 0 Å². The third kappa shape index (κ3) is 11.9. The maximum atomic E-state index is 10.2. The van der Waals surface area contributed by atoms with E-state index in [2.05, 4.69) is 6.92 Å². The minimum Gasteiger partial charge on any atom is -0.306 e. The monoisotopic (exact) mass is 204 g/mol. The van der Waals surface area contributed by atoms with Crippen LogP contribution < -0.4 is 0 Å². The predicted octanol–water partition coefficient (Wildman–Crippen LogP) is 3.12. The summed E-state index contributed by atoms with van der Waals surface area (Å²) in [5.41, 5.74) is 0. The molecule has 1 N–H and O–H groups in total. The van der Waals surface area contributed by atoms with Crippen LogP contribution in [0.25, 0.3) is 0 Å². The van der Waals surface area contributed by atoms with Gasteiger partial charge in [0.25, 0.3) is 0 Å². The van der Waals surface area contributed by atoms with Crippen molar-refractivity contribution in [2.75, 3.05) is 5.75 Å². The molecule has 0 spiro atoms. The van der Waals surface area contributed by atoms with E-state index in [-0.39, 0.29) is 5.75 Å². The molecular weight excluding hydrogens is 184 g/mol. The molecule has 1 unspecified atom stereocenters. The molecule has 0 aliphatic carbocycles. The van der Waals surface area contributed by atoms with Gasteiger partial charge in [0, 0.05) is 0 Å². The van der Waals surface area contributed by atoms with E-state index in [1.165, 1.54) is 32.1 Å². The fourth-order valence-corrected chi connectivity index (χ4v) is 1.43. The Labute approximate surface area is 83.7 Å². The Balaban J connectivity index is 3.06. The van der Waals surface area contributed by atoms with Crippen molar-refractivity contribution in [1.29, 1.82) is 0 Å². The molecule has 0 heterocycles. The second-order valence-electron chi connectivity index (χ2n) is 3.16. The first-order valence-electron chi connectivity index (χ1n) is 4.99. The Kier molecular flexibility index (Phi) is 9.82. The summed E-state index contributed by atoms with van der Waals surface area (Å²) in [5.74, 6) is 0.273. The zero-order valence-corrected chi connectivity index (χ0v) is 9.18. The molecule has 0 aliphatic heterocycles. The molecule has 78 valence electrons. The zero-order valence-electron chi connectivity index (χ0n) is 8.37. The van der Waals surface area contributed by atoms with Gasteiger partial charge >= 0.3 is 0 Å². The van der Waals surface area contributed by atoms with Gasteiger partial charge in [-0.2, -0.15) is 0 Å². The number of allylic oxidation sites excluding steroid dienone is 1. The Morgan fingerprint density at radius 2 is 1.85 bits per heavy atom. The lowest BCUT2D eigenvalue weighted by atomic mass is 10.1. The molecule has 0 aromatic carbocycles. The molecule has 0 rings (SSSR count). The van der Waals surface area contributed by atoms with Gasteiger partial charge in [-0.1, -0.05) is 44.8 Å². The standard InChI is InChI=1S/C10H20O2S/c1-2-3-4-5-6-7-8-9-10-13(11)12/h8-9H,2-7,10H2,1H3,(H,11,12). The minimum atomic E-state index is -1.66. The smallest absolute Gasteiger partial charge is 0.156 e. The molecule has 0 fully saturated rings. The van der Waals surface area contributed by atoms with Gasteiger partial charge in [-0.25, -0.2) is 4.21 Å². The second kappa shape index (κ2) is 9.93. The van der Waals surface area contributed by atoms with Crippen LogP contribution in [0.5, 0.6) is 0 Å². The molecule has 3 heteroatoms. The fraction of sp³-hybridized carbons (Fsp3) is 0.800. The highest BCUT2D eigenvalue weighted by atomic mass is 32.2. The van der Waals surface area contributed by atoms with Crippen LogP contribution in [0.1, 0.15) is 45.4 Å². The summed E-state index contributed by atoms with van der Waals surface area (Å²) in [5, 5.41) is 0. The van der Waals surface area contributed by atoms with Gasteiger partial charge in [0.1, 0.15) is 0 Å². The van der Waals surface area contributed by atoms with Gasteiger partial charge < -0.3 is 4.55 Å². The van der Waals surface area contributed by atoms with Crippen LogP contribution >= 0.6 is 0 Å². The van der Waals surface area contributed by atoms with Gasteiger partial charge in [-0.3, -0.25) is 0 Å². The van der Waals surface area contributed by atoms with Crippen molar-refractivity contribution in [2.24, 2.45) is 0 Å². The van der Waals surface area contributed by atoms with Crippen LogP contribution in [0.3, 0.4) is 0 Å². The molecule has 0 aromatic rings. The van der Waals surface area contributed by atoms with E-state index in [0.29, 0.717) is 0 Å². The van der Waals surface area contributed by atoms with E-state index in [1.54, 1.807) is 6.08 Å². The van der Waals surface area contributed by atoms with E-state index < -0.39 is 11.1 Å². The molecule has 0 bridgehead atoms. The molecule has 0 aromatic heterocycles. The lowest BCUT2D eigenvalue weighted by molar-refractivity contribution is 0.567. The van der Waals surface area contributed by atoms with Crippen molar-refractivity contribution in [2.45, 2.75) is 45.4 Å². The fourth-order valence-electron chi connectivity index (χ4n) is 1.13. The van der Waals surface area contributed by atoms with Crippen LogP contribution in [-0.4, -0.2) is 14.5 Å². The second-order valence-corrected chi connectivity index (χ2v) is 4.14. The number of hydrogen-bond acceptors (Lipinski definition) is 1. The summed E-state index contributed by atoms with van der Waals surface area (Å²) in [6, 6.07) is 0. The number of unbranched alkanes of at least 4 members (excludes halogenated alkanes) is 5. The first-order chi connectivity index (χ1) is 6.27. The Bertz CT molecular complexity index is 155. The van der Waals surface area contributed by atoms with E-state index in [4.69, 9.17) is 4.55 Å². The van der Waals surface area contributed by atoms with Gasteiger partial charge in [0.05, 0.1) is 5.75 Å². The van der Waals surface area contributed by atoms with E-state index >= 15 is 0 Å². The number of rotatable bonds is 8. The van der Waals surface area contributed by atoms with Crippen molar-refractivity contribution in [3.8, 4) is 0 Å². The first-order valence-corrected chi connectivity index (χ1v) is 6.27. The quantitative estimate of drug-likeness (QED) is 0.375. The molecule has 0 saturated heterocycles. The largest absolute Gasteiger partial charge is 0.306 e. The third-order valence-corrected chi connectivity index (χ3v) is 2.36. The van der Waals surface area contributed by atoms with Crippen molar-refractivity contribution < 1.29 is 8.76 Å².